The van der Waals surface area contributed by atoms with Crippen LogP contribution in [0.15, 0.2) is 24.4 Å². The molecule has 1 heterocycles. The lowest BCUT2D eigenvalue weighted by Gasteiger charge is -2.12. The lowest BCUT2D eigenvalue weighted by atomic mass is 10.1. The number of hydrogen-bond donors (Lipinski definition) is 1. The lowest BCUT2D eigenvalue weighted by Crippen LogP contribution is -2.01. The van der Waals surface area contributed by atoms with E-state index in [4.69, 9.17) is 9.47 Å². The molecular formula is C13H14IN3O2. The van der Waals surface area contributed by atoms with Gasteiger partial charge in [-0.3, -0.25) is 0 Å². The van der Waals surface area contributed by atoms with Crippen LogP contribution in [0.1, 0.15) is 0 Å². The second-order valence-corrected chi connectivity index (χ2v) is 4.84. The second-order valence-electron chi connectivity index (χ2n) is 3.68. The van der Waals surface area contributed by atoms with Crippen molar-refractivity contribution in [3.05, 3.63) is 28.0 Å². The number of rotatable bonds is 4. The molecule has 0 bridgehead atoms. The van der Waals surface area contributed by atoms with Gasteiger partial charge in [-0.15, -0.1) is 0 Å². The van der Waals surface area contributed by atoms with Crippen molar-refractivity contribution >= 4 is 28.4 Å². The van der Waals surface area contributed by atoms with Gasteiger partial charge in [0.15, 0.2) is 17.3 Å². The van der Waals surface area contributed by atoms with Crippen molar-refractivity contribution in [2.75, 3.05) is 26.6 Å². The summed E-state index contributed by atoms with van der Waals surface area (Å²) in [5, 5.41) is 3.04. The van der Waals surface area contributed by atoms with E-state index in [1.54, 1.807) is 20.4 Å². The van der Waals surface area contributed by atoms with Gasteiger partial charge in [0.25, 0.3) is 0 Å². The van der Waals surface area contributed by atoms with Gasteiger partial charge in [-0.1, -0.05) is 6.07 Å². The molecule has 19 heavy (non-hydrogen) atoms. The van der Waals surface area contributed by atoms with Crippen molar-refractivity contribution in [3.8, 4) is 22.9 Å². The average molecular weight is 371 g/mol. The summed E-state index contributed by atoms with van der Waals surface area (Å²) in [4.78, 5) is 8.83. The number of methoxy groups -OCH3 is 2. The first kappa shape index (κ1) is 13.9. The summed E-state index contributed by atoms with van der Waals surface area (Å²) >= 11 is 2.19. The Morgan fingerprint density at radius 1 is 1.21 bits per heavy atom. The molecule has 0 saturated heterocycles. The van der Waals surface area contributed by atoms with Gasteiger partial charge in [-0.05, 0) is 34.7 Å². The van der Waals surface area contributed by atoms with Crippen LogP contribution in [0, 0.1) is 3.57 Å². The molecule has 100 valence electrons. The Kier molecular flexibility index (Phi) is 4.41. The number of para-hydroxylation sites is 1. The number of nitrogens with zero attached hydrogens (tertiary/aromatic N) is 2. The van der Waals surface area contributed by atoms with E-state index in [1.807, 2.05) is 25.2 Å². The van der Waals surface area contributed by atoms with Gasteiger partial charge >= 0.3 is 0 Å². The van der Waals surface area contributed by atoms with E-state index in [1.165, 1.54) is 0 Å². The molecule has 0 spiro atoms. The van der Waals surface area contributed by atoms with E-state index in [-0.39, 0.29) is 0 Å². The number of anilines is 1. The fourth-order valence-electron chi connectivity index (χ4n) is 1.74. The average Bonchev–Trinajstić information content (AvgIpc) is 2.46. The highest BCUT2D eigenvalue weighted by atomic mass is 127. The number of nitrogens with one attached hydrogen (secondary N) is 1. The van der Waals surface area contributed by atoms with E-state index >= 15 is 0 Å². The van der Waals surface area contributed by atoms with Gasteiger partial charge < -0.3 is 14.8 Å². The summed E-state index contributed by atoms with van der Waals surface area (Å²) in [7, 11) is 5.04. The Bertz CT molecular complexity index is 590. The van der Waals surface area contributed by atoms with E-state index in [0.717, 1.165) is 15.0 Å². The molecule has 0 amide bonds. The Morgan fingerprint density at radius 3 is 2.63 bits per heavy atom. The SMILES string of the molecule is CNc1nc(-c2cccc(OC)c2OC)ncc1I. The normalized spacial score (nSPS) is 10.1. The van der Waals surface area contributed by atoms with Crippen LogP contribution in [0.3, 0.4) is 0 Å². The van der Waals surface area contributed by atoms with Crippen molar-refractivity contribution in [1.29, 1.82) is 0 Å². The number of ether oxygens (including phenoxy) is 2. The first-order valence-electron chi connectivity index (χ1n) is 5.63. The molecule has 0 unspecified atom stereocenters. The smallest absolute Gasteiger partial charge is 0.171 e. The third kappa shape index (κ3) is 2.73. The predicted molar refractivity (Wildman–Crippen MR) is 82.8 cm³/mol. The zero-order valence-electron chi connectivity index (χ0n) is 10.9. The van der Waals surface area contributed by atoms with E-state index in [0.29, 0.717) is 17.3 Å². The third-order valence-corrected chi connectivity index (χ3v) is 3.41. The molecule has 0 saturated carbocycles. The Morgan fingerprint density at radius 2 is 2.00 bits per heavy atom. The van der Waals surface area contributed by atoms with Crippen molar-refractivity contribution in [2.45, 2.75) is 0 Å². The molecule has 0 aliphatic carbocycles. The molecule has 1 N–H and O–H groups in total. The van der Waals surface area contributed by atoms with Crippen LogP contribution in [0.2, 0.25) is 0 Å². The largest absolute Gasteiger partial charge is 0.493 e. The van der Waals surface area contributed by atoms with Gasteiger partial charge in [0.1, 0.15) is 5.82 Å². The highest BCUT2D eigenvalue weighted by Crippen LogP contribution is 2.36. The van der Waals surface area contributed by atoms with Gasteiger partial charge in [-0.2, -0.15) is 0 Å². The fourth-order valence-corrected chi connectivity index (χ4v) is 2.26. The maximum Gasteiger partial charge on any atom is 0.171 e. The second kappa shape index (κ2) is 6.05. The first-order valence-corrected chi connectivity index (χ1v) is 6.70. The number of benzene rings is 1. The fraction of sp³-hybridized carbons (Fsp3) is 0.231. The molecular weight excluding hydrogens is 357 g/mol. The number of aromatic nitrogens is 2. The molecule has 0 atom stereocenters. The summed E-state index contributed by atoms with van der Waals surface area (Å²) < 4.78 is 11.6. The minimum absolute atomic E-state index is 0.598. The predicted octanol–water partition coefficient (Wildman–Crippen LogP) is 2.81. The Labute approximate surface area is 125 Å². The van der Waals surface area contributed by atoms with Crippen molar-refractivity contribution < 1.29 is 9.47 Å². The Hall–Kier alpha value is -1.57. The summed E-state index contributed by atoms with van der Waals surface area (Å²) in [6, 6.07) is 5.63. The zero-order valence-corrected chi connectivity index (χ0v) is 13.1. The molecule has 0 radical (unpaired) electrons. The highest BCUT2D eigenvalue weighted by Gasteiger charge is 2.14. The van der Waals surface area contributed by atoms with Gasteiger partial charge in [0, 0.05) is 13.2 Å². The lowest BCUT2D eigenvalue weighted by molar-refractivity contribution is 0.356. The monoisotopic (exact) mass is 371 g/mol. The summed E-state index contributed by atoms with van der Waals surface area (Å²) in [5.41, 5.74) is 0.801. The number of hydrogen-bond acceptors (Lipinski definition) is 5. The summed E-state index contributed by atoms with van der Waals surface area (Å²) in [6.45, 7) is 0. The van der Waals surface area contributed by atoms with Gasteiger partial charge in [-0.25, -0.2) is 9.97 Å². The van der Waals surface area contributed by atoms with Crippen LogP contribution >= 0.6 is 22.6 Å². The molecule has 0 aliphatic rings. The topological polar surface area (TPSA) is 56.3 Å². The molecule has 1 aromatic heterocycles. The maximum absolute atomic E-state index is 5.40. The Balaban J connectivity index is 2.58. The molecule has 2 rings (SSSR count). The standard InChI is InChI=1S/C13H14IN3O2/c1-15-13-9(14)7-16-12(17-13)8-5-4-6-10(18-2)11(8)19-3/h4-7H,1-3H3,(H,15,16,17). The molecule has 0 fully saturated rings. The van der Waals surface area contributed by atoms with Crippen LogP contribution in [0.4, 0.5) is 5.82 Å². The third-order valence-electron chi connectivity index (χ3n) is 2.62. The van der Waals surface area contributed by atoms with E-state index in [9.17, 15) is 0 Å². The maximum atomic E-state index is 5.40. The van der Waals surface area contributed by atoms with Gasteiger partial charge in [0.2, 0.25) is 0 Å². The van der Waals surface area contributed by atoms with E-state index < -0.39 is 0 Å². The zero-order chi connectivity index (χ0) is 13.8. The highest BCUT2D eigenvalue weighted by molar-refractivity contribution is 14.1. The van der Waals surface area contributed by atoms with Crippen LogP contribution < -0.4 is 14.8 Å². The molecule has 1 aromatic carbocycles. The minimum Gasteiger partial charge on any atom is -0.493 e. The first-order chi connectivity index (χ1) is 9.21. The van der Waals surface area contributed by atoms with Crippen LogP contribution in [-0.4, -0.2) is 31.2 Å². The number of halogens is 1. The quantitative estimate of drug-likeness (QED) is 0.838. The molecule has 6 heteroatoms. The van der Waals surface area contributed by atoms with Gasteiger partial charge in [0.05, 0.1) is 23.4 Å². The van der Waals surface area contributed by atoms with Crippen LogP contribution in [0.25, 0.3) is 11.4 Å². The van der Waals surface area contributed by atoms with Crippen molar-refractivity contribution in [1.82, 2.24) is 9.97 Å². The van der Waals surface area contributed by atoms with Crippen LogP contribution in [0.5, 0.6) is 11.5 Å². The van der Waals surface area contributed by atoms with E-state index in [2.05, 4.69) is 37.9 Å². The molecule has 5 nitrogen and oxygen atoms in total. The summed E-state index contributed by atoms with van der Waals surface area (Å²) in [6.07, 6.45) is 1.77. The molecule has 0 aliphatic heterocycles. The van der Waals surface area contributed by atoms with Crippen molar-refractivity contribution in [3.63, 3.8) is 0 Å². The minimum atomic E-state index is 0.598. The van der Waals surface area contributed by atoms with Crippen molar-refractivity contribution in [2.24, 2.45) is 0 Å². The summed E-state index contributed by atoms with van der Waals surface area (Å²) in [5.74, 6) is 2.68. The molecule has 2 aromatic rings. The van der Waals surface area contributed by atoms with Crippen LogP contribution in [-0.2, 0) is 0 Å².